The Morgan fingerprint density at radius 1 is 1.30 bits per heavy atom. The lowest BCUT2D eigenvalue weighted by Crippen LogP contribution is -2.43. The molecule has 0 spiro atoms. The number of rotatable bonds is 0. The van der Waals surface area contributed by atoms with Crippen LogP contribution >= 0.6 is 0 Å². The van der Waals surface area contributed by atoms with Gasteiger partial charge in [0, 0.05) is 0 Å². The lowest BCUT2D eigenvalue weighted by atomic mass is 9.62. The summed E-state index contributed by atoms with van der Waals surface area (Å²) in [5.74, 6) is 0.600. The van der Waals surface area contributed by atoms with Crippen molar-refractivity contribution in [1.29, 1.82) is 0 Å². The molecule has 0 heterocycles. The highest BCUT2D eigenvalue weighted by Gasteiger charge is 2.45. The van der Waals surface area contributed by atoms with Crippen molar-refractivity contribution >= 4 is 0 Å². The molecule has 1 rings (SSSR count). The summed E-state index contributed by atoms with van der Waals surface area (Å²) in [6.07, 6.45) is 1.52. The van der Waals surface area contributed by atoms with Gasteiger partial charge in [0.2, 0.25) is 0 Å². The molecule has 0 atom stereocenters. The van der Waals surface area contributed by atoms with Crippen LogP contribution in [-0.4, -0.2) is 5.67 Å². The first kappa shape index (κ1) is 8.03. The van der Waals surface area contributed by atoms with Gasteiger partial charge in [0.1, 0.15) is 5.67 Å². The van der Waals surface area contributed by atoms with Gasteiger partial charge in [-0.2, -0.15) is 0 Å². The fraction of sp³-hybridized carbons (Fsp3) is 1.00. The summed E-state index contributed by atoms with van der Waals surface area (Å²) in [7, 11) is 0. The summed E-state index contributed by atoms with van der Waals surface area (Å²) in [6, 6.07) is 0. The second-order valence-corrected chi connectivity index (χ2v) is 4.88. The van der Waals surface area contributed by atoms with Gasteiger partial charge in [0.05, 0.1) is 0 Å². The minimum Gasteiger partial charge on any atom is -0.244 e. The van der Waals surface area contributed by atoms with Crippen molar-refractivity contribution in [3.63, 3.8) is 0 Å². The second-order valence-electron chi connectivity index (χ2n) is 4.88. The normalized spacial score (nSPS) is 41.1. The van der Waals surface area contributed by atoms with E-state index >= 15 is 0 Å². The third-order valence-electron chi connectivity index (χ3n) is 2.57. The Morgan fingerprint density at radius 2 is 1.70 bits per heavy atom. The Balaban J connectivity index is 2.40. The van der Waals surface area contributed by atoms with E-state index in [1.165, 1.54) is 0 Å². The number of hydrogen-bond donors (Lipinski definition) is 0. The van der Waals surface area contributed by atoms with Crippen LogP contribution in [-0.2, 0) is 0 Å². The molecule has 60 valence electrons. The van der Waals surface area contributed by atoms with Gasteiger partial charge in [-0.1, -0.05) is 20.8 Å². The van der Waals surface area contributed by atoms with Gasteiger partial charge >= 0.3 is 0 Å². The molecule has 1 heteroatoms. The van der Waals surface area contributed by atoms with Gasteiger partial charge in [0.25, 0.3) is 0 Å². The number of alkyl halides is 1. The smallest absolute Gasteiger partial charge is 0.108 e. The Kier molecular flexibility index (Phi) is 1.57. The highest BCUT2D eigenvalue weighted by molar-refractivity contribution is 4.95. The van der Waals surface area contributed by atoms with Crippen molar-refractivity contribution in [2.75, 3.05) is 0 Å². The van der Waals surface area contributed by atoms with Crippen LogP contribution in [0.5, 0.6) is 0 Å². The van der Waals surface area contributed by atoms with Crippen LogP contribution in [0.25, 0.3) is 0 Å². The molecule has 0 unspecified atom stereocenters. The molecule has 0 radical (unpaired) electrons. The SMILES string of the molecule is CC1(F)CC(C(C)(C)C)C1. The zero-order valence-corrected chi connectivity index (χ0v) is 7.37. The Labute approximate surface area is 62.8 Å². The highest BCUT2D eigenvalue weighted by atomic mass is 19.1. The topological polar surface area (TPSA) is 0 Å². The molecule has 1 aliphatic rings. The first-order chi connectivity index (χ1) is 4.31. The van der Waals surface area contributed by atoms with Crippen molar-refractivity contribution in [1.82, 2.24) is 0 Å². The summed E-state index contributed by atoms with van der Waals surface area (Å²) >= 11 is 0. The molecule has 1 aliphatic carbocycles. The van der Waals surface area contributed by atoms with Crippen molar-refractivity contribution in [3.05, 3.63) is 0 Å². The molecule has 1 saturated carbocycles. The third kappa shape index (κ3) is 1.50. The molecule has 0 nitrogen and oxygen atoms in total. The van der Waals surface area contributed by atoms with E-state index < -0.39 is 5.67 Å². The summed E-state index contributed by atoms with van der Waals surface area (Å²) < 4.78 is 13.0. The van der Waals surface area contributed by atoms with Crippen LogP contribution in [0.2, 0.25) is 0 Å². The largest absolute Gasteiger partial charge is 0.244 e. The molecule has 0 amide bonds. The number of halogens is 1. The Hall–Kier alpha value is -0.0700. The van der Waals surface area contributed by atoms with Crippen molar-refractivity contribution in [2.45, 2.75) is 46.2 Å². The van der Waals surface area contributed by atoms with Crippen molar-refractivity contribution in [3.8, 4) is 0 Å². The minimum atomic E-state index is -0.849. The molecule has 0 bridgehead atoms. The van der Waals surface area contributed by atoms with Crippen LogP contribution in [0.15, 0.2) is 0 Å². The molecular weight excluding hydrogens is 127 g/mol. The molecule has 0 aromatic rings. The van der Waals surface area contributed by atoms with Crippen molar-refractivity contribution in [2.24, 2.45) is 11.3 Å². The quantitative estimate of drug-likeness (QED) is 0.490. The van der Waals surface area contributed by atoms with E-state index in [1.807, 2.05) is 0 Å². The average Bonchev–Trinajstić information content (AvgIpc) is 1.56. The second kappa shape index (κ2) is 1.96. The monoisotopic (exact) mass is 144 g/mol. The van der Waals surface area contributed by atoms with Gasteiger partial charge in [-0.05, 0) is 31.1 Å². The zero-order chi connectivity index (χ0) is 7.99. The summed E-state index contributed by atoms with van der Waals surface area (Å²) in [5.41, 5.74) is -0.538. The van der Waals surface area contributed by atoms with Crippen LogP contribution in [0.4, 0.5) is 4.39 Å². The molecule has 10 heavy (non-hydrogen) atoms. The summed E-state index contributed by atoms with van der Waals surface area (Å²) in [4.78, 5) is 0. The standard InChI is InChI=1S/C9H17F/c1-8(2,3)7-5-9(4,10)6-7/h7H,5-6H2,1-4H3. The maximum Gasteiger partial charge on any atom is 0.108 e. The van der Waals surface area contributed by atoms with E-state index in [4.69, 9.17) is 0 Å². The Bertz CT molecular complexity index is 122. The number of hydrogen-bond acceptors (Lipinski definition) is 0. The summed E-state index contributed by atoms with van der Waals surface area (Å²) in [5, 5.41) is 0. The molecule has 0 aromatic heterocycles. The lowest BCUT2D eigenvalue weighted by Gasteiger charge is -2.46. The van der Waals surface area contributed by atoms with E-state index in [9.17, 15) is 4.39 Å². The van der Waals surface area contributed by atoms with Crippen LogP contribution in [0.1, 0.15) is 40.5 Å². The van der Waals surface area contributed by atoms with E-state index in [1.54, 1.807) is 6.92 Å². The van der Waals surface area contributed by atoms with Gasteiger partial charge < -0.3 is 0 Å². The molecule has 1 fully saturated rings. The molecule has 0 N–H and O–H groups in total. The fourth-order valence-corrected chi connectivity index (χ4v) is 1.58. The van der Waals surface area contributed by atoms with Gasteiger partial charge in [-0.3, -0.25) is 0 Å². The molecular formula is C9H17F. The van der Waals surface area contributed by atoms with Gasteiger partial charge in [0.15, 0.2) is 0 Å². The Morgan fingerprint density at radius 3 is 1.80 bits per heavy atom. The van der Waals surface area contributed by atoms with Crippen LogP contribution in [0.3, 0.4) is 0 Å². The van der Waals surface area contributed by atoms with E-state index in [2.05, 4.69) is 20.8 Å². The average molecular weight is 144 g/mol. The third-order valence-corrected chi connectivity index (χ3v) is 2.57. The first-order valence-electron chi connectivity index (χ1n) is 4.00. The highest BCUT2D eigenvalue weighted by Crippen LogP contribution is 2.49. The van der Waals surface area contributed by atoms with Crippen molar-refractivity contribution < 1.29 is 4.39 Å². The molecule has 0 aliphatic heterocycles. The lowest BCUT2D eigenvalue weighted by molar-refractivity contribution is -0.0289. The molecule has 0 aromatic carbocycles. The van der Waals surface area contributed by atoms with Gasteiger partial charge in [-0.15, -0.1) is 0 Å². The minimum absolute atomic E-state index is 0.311. The van der Waals surface area contributed by atoms with Crippen LogP contribution < -0.4 is 0 Å². The maximum absolute atomic E-state index is 13.0. The van der Waals surface area contributed by atoms with Crippen LogP contribution in [0, 0.1) is 11.3 Å². The first-order valence-corrected chi connectivity index (χ1v) is 4.00. The van der Waals surface area contributed by atoms with E-state index in [0.717, 1.165) is 12.8 Å². The maximum atomic E-state index is 13.0. The van der Waals surface area contributed by atoms with E-state index in [-0.39, 0.29) is 0 Å². The fourth-order valence-electron chi connectivity index (χ4n) is 1.58. The molecule has 0 saturated heterocycles. The van der Waals surface area contributed by atoms with E-state index in [0.29, 0.717) is 11.3 Å². The predicted molar refractivity (Wildman–Crippen MR) is 41.7 cm³/mol. The predicted octanol–water partition coefficient (Wildman–Crippen LogP) is 3.17. The summed E-state index contributed by atoms with van der Waals surface area (Å²) in [6.45, 7) is 8.27. The zero-order valence-electron chi connectivity index (χ0n) is 7.37. The van der Waals surface area contributed by atoms with Gasteiger partial charge in [-0.25, -0.2) is 4.39 Å².